The third-order valence-corrected chi connectivity index (χ3v) is 7.57. The van der Waals surface area contributed by atoms with Crippen LogP contribution >= 0.6 is 11.6 Å². The van der Waals surface area contributed by atoms with Gasteiger partial charge in [-0.3, -0.25) is 9.78 Å². The summed E-state index contributed by atoms with van der Waals surface area (Å²) in [5, 5.41) is 3.94. The van der Waals surface area contributed by atoms with Gasteiger partial charge in [-0.2, -0.15) is 0 Å². The number of pyridine rings is 1. The van der Waals surface area contributed by atoms with Gasteiger partial charge in [-0.15, -0.1) is 0 Å². The van der Waals surface area contributed by atoms with E-state index in [9.17, 15) is 13.6 Å². The van der Waals surface area contributed by atoms with Gasteiger partial charge in [-0.05, 0) is 97.9 Å². The second-order valence-electron chi connectivity index (χ2n) is 8.90. The van der Waals surface area contributed by atoms with Crippen molar-refractivity contribution in [2.24, 2.45) is 11.3 Å². The van der Waals surface area contributed by atoms with Crippen molar-refractivity contribution in [1.29, 1.82) is 0 Å². The van der Waals surface area contributed by atoms with Crippen LogP contribution in [0, 0.1) is 23.0 Å². The highest BCUT2D eigenvalue weighted by atomic mass is 35.5. The fourth-order valence-corrected chi connectivity index (χ4v) is 5.67. The van der Waals surface area contributed by atoms with Gasteiger partial charge in [0.05, 0.1) is 11.2 Å². The number of rotatable bonds is 3. The molecule has 5 rings (SSSR count). The maximum absolute atomic E-state index is 14.1. The third-order valence-electron chi connectivity index (χ3n) is 7.33. The van der Waals surface area contributed by atoms with Crippen LogP contribution in [0.25, 0.3) is 10.9 Å². The van der Waals surface area contributed by atoms with Gasteiger partial charge in [-0.1, -0.05) is 11.6 Å². The molecule has 0 saturated heterocycles. The highest BCUT2D eigenvalue weighted by Gasteiger charge is 2.51. The minimum atomic E-state index is -0.519. The van der Waals surface area contributed by atoms with E-state index >= 15 is 0 Å². The summed E-state index contributed by atoms with van der Waals surface area (Å²) >= 11 is 5.80. The maximum Gasteiger partial charge on any atom is 0.228 e. The zero-order chi connectivity index (χ0) is 21.6. The molecule has 0 bridgehead atoms. The predicted molar refractivity (Wildman–Crippen MR) is 118 cm³/mol. The van der Waals surface area contributed by atoms with E-state index in [-0.39, 0.29) is 28.7 Å². The second kappa shape index (κ2) is 7.86. The Kier molecular flexibility index (Phi) is 5.17. The first-order valence-corrected chi connectivity index (χ1v) is 11.1. The zero-order valence-electron chi connectivity index (χ0n) is 17.0. The normalized spacial score (nSPS) is 25.4. The predicted octanol–water partition coefficient (Wildman–Crippen LogP) is 6.86. The molecule has 0 aliphatic heterocycles. The number of benzene rings is 2. The van der Waals surface area contributed by atoms with Crippen LogP contribution in [-0.4, -0.2) is 10.9 Å². The van der Waals surface area contributed by atoms with E-state index in [1.165, 1.54) is 18.2 Å². The largest absolute Gasteiger partial charge is 0.323 e. The van der Waals surface area contributed by atoms with Crippen LogP contribution in [0.5, 0.6) is 0 Å². The van der Waals surface area contributed by atoms with Crippen molar-refractivity contribution in [3.05, 3.63) is 70.9 Å². The maximum atomic E-state index is 14.1. The number of carbonyl (C=O) groups excluding carboxylic acids is 1. The van der Waals surface area contributed by atoms with E-state index in [4.69, 9.17) is 11.6 Å². The van der Waals surface area contributed by atoms with E-state index < -0.39 is 5.82 Å². The number of halogens is 3. The molecule has 160 valence electrons. The molecule has 2 saturated carbocycles. The molecule has 31 heavy (non-hydrogen) atoms. The van der Waals surface area contributed by atoms with Gasteiger partial charge in [0.25, 0.3) is 0 Å². The average Bonchev–Trinajstić information content (AvgIpc) is 2.74. The standard InChI is InChI=1S/C25H23ClF2N2O/c26-16-1-3-23(21(28)13-16)30-24(31)20-7-11-25(20)9-5-15(6-10-25)18-8-12-29-22-4-2-17(27)14-19(18)22/h1-4,8,12-15,20H,5-7,9-11H2,(H,30,31)/t15?,20-,25?/m1/s1. The molecule has 0 radical (unpaired) electrons. The van der Waals surface area contributed by atoms with Crippen molar-refractivity contribution in [1.82, 2.24) is 4.98 Å². The Morgan fingerprint density at radius 3 is 2.52 bits per heavy atom. The van der Waals surface area contributed by atoms with Crippen LogP contribution in [-0.2, 0) is 4.79 Å². The Morgan fingerprint density at radius 2 is 1.81 bits per heavy atom. The lowest BCUT2D eigenvalue weighted by atomic mass is 9.52. The lowest BCUT2D eigenvalue weighted by Gasteiger charge is -2.52. The number of nitrogens with one attached hydrogen (secondary N) is 1. The molecule has 1 spiro atoms. The van der Waals surface area contributed by atoms with Crippen molar-refractivity contribution in [2.45, 2.75) is 44.4 Å². The summed E-state index contributed by atoms with van der Waals surface area (Å²) in [5.74, 6) is -0.651. The molecule has 1 heterocycles. The molecule has 0 unspecified atom stereocenters. The van der Waals surface area contributed by atoms with E-state index in [1.807, 2.05) is 6.07 Å². The van der Waals surface area contributed by atoms with Gasteiger partial charge in [-0.25, -0.2) is 8.78 Å². The Labute approximate surface area is 184 Å². The first-order chi connectivity index (χ1) is 14.9. The quantitative estimate of drug-likeness (QED) is 0.483. The molecule has 6 heteroatoms. The van der Waals surface area contributed by atoms with E-state index in [0.717, 1.165) is 55.0 Å². The molecular weight excluding hydrogens is 418 g/mol. The van der Waals surface area contributed by atoms with Crippen molar-refractivity contribution in [2.75, 3.05) is 5.32 Å². The molecule has 3 aromatic rings. The summed E-state index contributed by atoms with van der Waals surface area (Å²) < 4.78 is 27.9. The molecule has 2 aliphatic rings. The average molecular weight is 441 g/mol. The molecule has 2 fully saturated rings. The summed E-state index contributed by atoms with van der Waals surface area (Å²) in [4.78, 5) is 17.3. The van der Waals surface area contributed by atoms with Crippen LogP contribution in [0.4, 0.5) is 14.5 Å². The Morgan fingerprint density at radius 1 is 1.03 bits per heavy atom. The first kappa shape index (κ1) is 20.4. The highest BCUT2D eigenvalue weighted by Crippen LogP contribution is 2.58. The van der Waals surface area contributed by atoms with Crippen LogP contribution < -0.4 is 5.32 Å². The smallest absolute Gasteiger partial charge is 0.228 e. The lowest BCUT2D eigenvalue weighted by molar-refractivity contribution is -0.133. The minimum absolute atomic E-state index is 0.0163. The van der Waals surface area contributed by atoms with Gasteiger partial charge in [0.15, 0.2) is 0 Å². The molecule has 1 aromatic heterocycles. The number of fused-ring (bicyclic) bond motifs is 1. The van der Waals surface area contributed by atoms with Crippen molar-refractivity contribution < 1.29 is 13.6 Å². The lowest BCUT2D eigenvalue weighted by Crippen LogP contribution is -2.48. The zero-order valence-corrected chi connectivity index (χ0v) is 17.8. The van der Waals surface area contributed by atoms with Gasteiger partial charge >= 0.3 is 0 Å². The van der Waals surface area contributed by atoms with Crippen LogP contribution in [0.1, 0.15) is 50.0 Å². The summed E-state index contributed by atoms with van der Waals surface area (Å²) in [6.45, 7) is 0. The third kappa shape index (κ3) is 3.69. The number of aromatic nitrogens is 1. The number of anilines is 1. The van der Waals surface area contributed by atoms with E-state index in [1.54, 1.807) is 24.4 Å². The number of hydrogen-bond donors (Lipinski definition) is 1. The topological polar surface area (TPSA) is 42.0 Å². The Balaban J connectivity index is 1.30. The molecule has 1 atom stereocenters. The molecule has 2 aliphatic carbocycles. The number of amides is 1. The van der Waals surface area contributed by atoms with E-state index in [2.05, 4.69) is 10.3 Å². The Hall–Kier alpha value is -2.53. The van der Waals surface area contributed by atoms with Crippen molar-refractivity contribution in [3.63, 3.8) is 0 Å². The molecular formula is C25H23ClF2N2O. The number of hydrogen-bond acceptors (Lipinski definition) is 2. The summed E-state index contributed by atoms with van der Waals surface area (Å²) in [7, 11) is 0. The number of nitrogens with zero attached hydrogens (tertiary/aromatic N) is 1. The van der Waals surface area contributed by atoms with Crippen LogP contribution in [0.15, 0.2) is 48.7 Å². The molecule has 1 amide bonds. The molecule has 3 nitrogen and oxygen atoms in total. The van der Waals surface area contributed by atoms with Gasteiger partial charge < -0.3 is 5.32 Å². The number of carbonyl (C=O) groups is 1. The molecule has 2 aromatic carbocycles. The monoisotopic (exact) mass is 440 g/mol. The highest BCUT2D eigenvalue weighted by molar-refractivity contribution is 6.30. The SMILES string of the molecule is O=C(Nc1ccc(Cl)cc1F)[C@H]1CCC12CCC(c1ccnc3ccc(F)cc13)CC2. The first-order valence-electron chi connectivity index (χ1n) is 10.8. The van der Waals surface area contributed by atoms with Crippen molar-refractivity contribution >= 4 is 34.1 Å². The van der Waals surface area contributed by atoms with Gasteiger partial charge in [0.2, 0.25) is 5.91 Å². The molecule has 1 N–H and O–H groups in total. The second-order valence-corrected chi connectivity index (χ2v) is 9.34. The van der Waals surface area contributed by atoms with Gasteiger partial charge in [0, 0.05) is 22.5 Å². The van der Waals surface area contributed by atoms with Crippen LogP contribution in [0.2, 0.25) is 5.02 Å². The van der Waals surface area contributed by atoms with Crippen LogP contribution in [0.3, 0.4) is 0 Å². The van der Waals surface area contributed by atoms with Crippen molar-refractivity contribution in [3.8, 4) is 0 Å². The summed E-state index contributed by atoms with van der Waals surface area (Å²) in [6, 6.07) is 11.0. The minimum Gasteiger partial charge on any atom is -0.323 e. The summed E-state index contributed by atoms with van der Waals surface area (Å²) in [5.41, 5.74) is 2.11. The fourth-order valence-electron chi connectivity index (χ4n) is 5.51. The van der Waals surface area contributed by atoms with Gasteiger partial charge in [0.1, 0.15) is 11.6 Å². The summed E-state index contributed by atoms with van der Waals surface area (Å²) in [6.07, 6.45) is 7.43. The fraction of sp³-hybridized carbons (Fsp3) is 0.360. The Bertz CT molecular complexity index is 1160. The van der Waals surface area contributed by atoms with E-state index in [0.29, 0.717) is 10.9 Å².